The van der Waals surface area contributed by atoms with Crippen molar-refractivity contribution in [1.29, 1.82) is 0 Å². The lowest BCUT2D eigenvalue weighted by Crippen LogP contribution is -2.11. The number of aromatic nitrogens is 1. The molecule has 2 rings (SSSR count). The number of nitrogens with two attached hydrogens (primary N) is 1. The first kappa shape index (κ1) is 10.8. The van der Waals surface area contributed by atoms with Crippen molar-refractivity contribution in [2.75, 3.05) is 5.43 Å². The summed E-state index contributed by atoms with van der Waals surface area (Å²) < 4.78 is 13.3. The van der Waals surface area contributed by atoms with Crippen molar-refractivity contribution in [3.05, 3.63) is 34.8 Å². The molecule has 0 radical (unpaired) electrons. The van der Waals surface area contributed by atoms with E-state index >= 15 is 0 Å². The quantitative estimate of drug-likeness (QED) is 0.572. The Morgan fingerprint density at radius 1 is 1.25 bits per heavy atom. The minimum absolute atomic E-state index is 0.274. The molecule has 0 atom stereocenters. The summed E-state index contributed by atoms with van der Waals surface area (Å²) in [5.74, 6) is 5.25. The summed E-state index contributed by atoms with van der Waals surface area (Å²) >= 11 is 0. The van der Waals surface area contributed by atoms with Gasteiger partial charge >= 0.3 is 0 Å². The summed E-state index contributed by atoms with van der Waals surface area (Å²) in [6.45, 7) is 5.68. The highest BCUT2D eigenvalue weighted by molar-refractivity contribution is 5.95. The van der Waals surface area contributed by atoms with Gasteiger partial charge in [0.25, 0.3) is 0 Å². The first-order valence-corrected chi connectivity index (χ1v) is 5.08. The van der Waals surface area contributed by atoms with Crippen LogP contribution in [0.1, 0.15) is 16.8 Å². The van der Waals surface area contributed by atoms with Gasteiger partial charge in [-0.15, -0.1) is 0 Å². The summed E-state index contributed by atoms with van der Waals surface area (Å²) in [7, 11) is 0. The maximum Gasteiger partial charge on any atom is 0.125 e. The molecular formula is C12H14FN3. The maximum absolute atomic E-state index is 13.3. The smallest absolute Gasteiger partial charge is 0.125 e. The Hall–Kier alpha value is -1.68. The number of anilines is 1. The van der Waals surface area contributed by atoms with E-state index in [9.17, 15) is 4.39 Å². The van der Waals surface area contributed by atoms with Crippen molar-refractivity contribution < 1.29 is 4.39 Å². The van der Waals surface area contributed by atoms with Gasteiger partial charge in [0.2, 0.25) is 0 Å². The number of hydrazine groups is 1. The van der Waals surface area contributed by atoms with Crippen LogP contribution in [0.25, 0.3) is 10.9 Å². The van der Waals surface area contributed by atoms with Crippen LogP contribution >= 0.6 is 0 Å². The average molecular weight is 219 g/mol. The van der Waals surface area contributed by atoms with E-state index in [1.807, 2.05) is 20.8 Å². The fraction of sp³-hybridized carbons (Fsp3) is 0.250. The van der Waals surface area contributed by atoms with Crippen LogP contribution < -0.4 is 11.3 Å². The minimum Gasteiger partial charge on any atom is -0.323 e. The molecule has 2 aromatic rings. The molecule has 0 aliphatic rings. The van der Waals surface area contributed by atoms with E-state index in [0.717, 1.165) is 27.9 Å². The van der Waals surface area contributed by atoms with Crippen LogP contribution in [0.3, 0.4) is 0 Å². The lowest BCUT2D eigenvalue weighted by Gasteiger charge is -2.13. The van der Waals surface area contributed by atoms with E-state index in [4.69, 9.17) is 5.84 Å². The first-order chi connectivity index (χ1) is 7.54. The van der Waals surface area contributed by atoms with Crippen LogP contribution in [0.15, 0.2) is 12.1 Å². The molecule has 0 spiro atoms. The number of benzene rings is 1. The number of fused-ring (bicyclic) bond motifs is 1. The number of halogens is 1. The Morgan fingerprint density at radius 2 is 1.94 bits per heavy atom. The molecule has 0 aliphatic carbocycles. The Balaban J connectivity index is 2.96. The third-order valence-corrected chi connectivity index (χ3v) is 2.88. The third-order valence-electron chi connectivity index (χ3n) is 2.88. The highest BCUT2D eigenvalue weighted by Crippen LogP contribution is 2.30. The Morgan fingerprint density at radius 3 is 2.56 bits per heavy atom. The van der Waals surface area contributed by atoms with E-state index in [-0.39, 0.29) is 5.82 Å². The molecule has 1 aromatic heterocycles. The average Bonchev–Trinajstić information content (AvgIpc) is 2.20. The standard InChI is InChI=1S/C12H14FN3/c1-6-4-9(13)5-10-11(6)12(16-14)7(2)8(3)15-10/h4-5H,14H2,1-3H3,(H,15,16). The number of hydrogen-bond acceptors (Lipinski definition) is 3. The van der Waals surface area contributed by atoms with Crippen molar-refractivity contribution >= 4 is 16.6 Å². The van der Waals surface area contributed by atoms with Gasteiger partial charge in [0.15, 0.2) is 0 Å². The topological polar surface area (TPSA) is 50.9 Å². The second-order valence-electron chi connectivity index (χ2n) is 3.96. The van der Waals surface area contributed by atoms with E-state index in [0.29, 0.717) is 5.52 Å². The molecule has 1 heterocycles. The minimum atomic E-state index is -0.274. The van der Waals surface area contributed by atoms with Crippen LogP contribution in [-0.2, 0) is 0 Å². The normalized spacial score (nSPS) is 10.8. The molecule has 1 aromatic carbocycles. The van der Waals surface area contributed by atoms with Crippen LogP contribution in [0.2, 0.25) is 0 Å². The van der Waals surface area contributed by atoms with Crippen molar-refractivity contribution in [1.82, 2.24) is 4.98 Å². The number of nitrogens with one attached hydrogen (secondary N) is 1. The molecule has 3 nitrogen and oxygen atoms in total. The Labute approximate surface area is 93.5 Å². The molecular weight excluding hydrogens is 205 g/mol. The fourth-order valence-electron chi connectivity index (χ4n) is 1.95. The summed E-state index contributed by atoms with van der Waals surface area (Å²) in [4.78, 5) is 4.37. The Kier molecular flexibility index (Phi) is 2.52. The van der Waals surface area contributed by atoms with Crippen molar-refractivity contribution in [3.8, 4) is 0 Å². The van der Waals surface area contributed by atoms with Gasteiger partial charge in [-0.05, 0) is 38.0 Å². The van der Waals surface area contributed by atoms with E-state index in [2.05, 4.69) is 10.4 Å². The van der Waals surface area contributed by atoms with Crippen molar-refractivity contribution in [3.63, 3.8) is 0 Å². The molecule has 0 unspecified atom stereocenters. The zero-order valence-electron chi connectivity index (χ0n) is 9.56. The van der Waals surface area contributed by atoms with Crippen LogP contribution in [0.5, 0.6) is 0 Å². The predicted molar refractivity (Wildman–Crippen MR) is 63.7 cm³/mol. The molecule has 3 N–H and O–H groups in total. The van der Waals surface area contributed by atoms with Crippen LogP contribution in [0.4, 0.5) is 10.1 Å². The summed E-state index contributed by atoms with van der Waals surface area (Å²) in [5.41, 5.74) is 6.80. The summed E-state index contributed by atoms with van der Waals surface area (Å²) in [6, 6.07) is 2.91. The Bertz CT molecular complexity index is 564. The van der Waals surface area contributed by atoms with Crippen LogP contribution in [0, 0.1) is 26.6 Å². The SMILES string of the molecule is Cc1nc2cc(F)cc(C)c2c(NN)c1C. The van der Waals surface area contributed by atoms with Crippen molar-refractivity contribution in [2.45, 2.75) is 20.8 Å². The number of nitrogen functional groups attached to an aromatic ring is 1. The third kappa shape index (κ3) is 1.51. The first-order valence-electron chi connectivity index (χ1n) is 5.08. The molecule has 0 amide bonds. The maximum atomic E-state index is 13.3. The highest BCUT2D eigenvalue weighted by atomic mass is 19.1. The van der Waals surface area contributed by atoms with Gasteiger partial charge in [-0.25, -0.2) is 4.39 Å². The number of pyridine rings is 1. The molecule has 0 aliphatic heterocycles. The molecule has 16 heavy (non-hydrogen) atoms. The van der Waals surface area contributed by atoms with Crippen molar-refractivity contribution in [2.24, 2.45) is 5.84 Å². The number of aryl methyl sites for hydroxylation is 2. The zero-order chi connectivity index (χ0) is 11.9. The second kappa shape index (κ2) is 3.72. The number of rotatable bonds is 1. The van der Waals surface area contributed by atoms with E-state index < -0.39 is 0 Å². The second-order valence-corrected chi connectivity index (χ2v) is 3.96. The summed E-state index contributed by atoms with van der Waals surface area (Å²) in [5, 5.41) is 0.881. The van der Waals surface area contributed by atoms with Gasteiger partial charge in [-0.1, -0.05) is 0 Å². The van der Waals surface area contributed by atoms with Gasteiger partial charge in [-0.3, -0.25) is 10.8 Å². The molecule has 0 saturated carbocycles. The van der Waals surface area contributed by atoms with Gasteiger partial charge < -0.3 is 5.43 Å². The lowest BCUT2D eigenvalue weighted by molar-refractivity contribution is 0.628. The lowest BCUT2D eigenvalue weighted by atomic mass is 10.0. The van der Waals surface area contributed by atoms with Gasteiger partial charge in [0.1, 0.15) is 5.82 Å². The number of nitrogens with zero attached hydrogens (tertiary/aromatic N) is 1. The monoisotopic (exact) mass is 219 g/mol. The van der Waals surface area contributed by atoms with E-state index in [1.54, 1.807) is 0 Å². The summed E-state index contributed by atoms with van der Waals surface area (Å²) in [6.07, 6.45) is 0. The van der Waals surface area contributed by atoms with Gasteiger partial charge in [-0.2, -0.15) is 0 Å². The highest BCUT2D eigenvalue weighted by Gasteiger charge is 2.11. The van der Waals surface area contributed by atoms with Crippen LogP contribution in [-0.4, -0.2) is 4.98 Å². The zero-order valence-corrected chi connectivity index (χ0v) is 9.56. The molecule has 0 bridgehead atoms. The van der Waals surface area contributed by atoms with Gasteiger partial charge in [0, 0.05) is 17.1 Å². The molecule has 84 valence electrons. The molecule has 0 saturated heterocycles. The largest absolute Gasteiger partial charge is 0.323 e. The predicted octanol–water partition coefficient (Wildman–Crippen LogP) is 2.58. The number of hydrogen-bond donors (Lipinski definition) is 2. The fourth-order valence-corrected chi connectivity index (χ4v) is 1.95. The molecule has 0 fully saturated rings. The van der Waals surface area contributed by atoms with E-state index in [1.165, 1.54) is 12.1 Å². The molecule has 4 heteroatoms. The van der Waals surface area contributed by atoms with Gasteiger partial charge in [0.05, 0.1) is 11.2 Å².